The van der Waals surface area contributed by atoms with Gasteiger partial charge in [-0.25, -0.2) is 9.79 Å². The van der Waals surface area contributed by atoms with Crippen molar-refractivity contribution in [2.24, 2.45) is 4.99 Å². The Morgan fingerprint density at radius 2 is 1.79 bits per heavy atom. The van der Waals surface area contributed by atoms with Crippen LogP contribution in [0.5, 0.6) is 0 Å². The first kappa shape index (κ1) is 27.3. The molecule has 1 atom stereocenters. The second-order valence-electron chi connectivity index (χ2n) is 10.8. The predicted octanol–water partition coefficient (Wildman–Crippen LogP) is 6.80. The highest BCUT2D eigenvalue weighted by molar-refractivity contribution is 8.16. The number of esters is 1. The number of aliphatic imine (C=N–C) groups is 1. The molecule has 5 rings (SSSR count). The molecule has 0 aromatic heterocycles. The maximum atomic E-state index is 13.7. The highest BCUT2D eigenvalue weighted by atomic mass is 32.2. The molecule has 7 heteroatoms. The van der Waals surface area contributed by atoms with Crippen molar-refractivity contribution in [3.05, 3.63) is 93.2 Å². The molecule has 0 spiro atoms. The fraction of sp³-hybridized carbons (Fsp3) is 0.406. The number of thioether (sulfide) groups is 1. The van der Waals surface area contributed by atoms with Gasteiger partial charge in [-0.2, -0.15) is 0 Å². The molecule has 0 saturated heterocycles. The number of benzene rings is 2. The normalized spacial score (nSPS) is 19.4. The molecule has 39 heavy (non-hydrogen) atoms. The van der Waals surface area contributed by atoms with Crippen molar-refractivity contribution in [1.29, 1.82) is 0 Å². The number of allylic oxidation sites excluding steroid dienone is 1. The molecule has 0 N–H and O–H groups in total. The van der Waals surface area contributed by atoms with Crippen LogP contribution in [-0.4, -0.2) is 39.9 Å². The molecule has 2 heterocycles. The number of amides is 1. The van der Waals surface area contributed by atoms with E-state index in [1.165, 1.54) is 31.0 Å². The standard InChI is InChI=1S/C32H37N3O3S/c1-21-15-16-22(2)27(17-21)30-29(31(37)38-19-24-11-7-5-8-12-24)23(3)33-32-35(30)26(20-39-32)18-28(36)34(4)25-13-9-6-10-14-25/h5,7-8,11-12,15-17,20,25,30H,6,9-10,13-14,18-19H2,1-4H3. The lowest BCUT2D eigenvalue weighted by atomic mass is 9.90. The van der Waals surface area contributed by atoms with E-state index in [1.807, 2.05) is 54.6 Å². The summed E-state index contributed by atoms with van der Waals surface area (Å²) in [5, 5.41) is 2.82. The highest BCUT2D eigenvalue weighted by Crippen LogP contribution is 2.46. The van der Waals surface area contributed by atoms with E-state index in [0.717, 1.165) is 46.0 Å². The summed E-state index contributed by atoms with van der Waals surface area (Å²) in [6, 6.07) is 15.9. The van der Waals surface area contributed by atoms with Crippen LogP contribution in [0.1, 0.15) is 73.7 Å². The first-order chi connectivity index (χ1) is 18.8. The SMILES string of the molecule is CC1=C(C(=O)OCc2ccccc2)C(c2cc(C)ccc2C)N2C(CC(=O)N(C)C3CCCCC3)=CSC2=N1. The lowest BCUT2D eigenvalue weighted by Crippen LogP contribution is -2.41. The largest absolute Gasteiger partial charge is 0.457 e. The number of carbonyl (C=O) groups is 2. The summed E-state index contributed by atoms with van der Waals surface area (Å²) in [6.45, 7) is 6.19. The zero-order valence-electron chi connectivity index (χ0n) is 23.3. The van der Waals surface area contributed by atoms with Gasteiger partial charge in [0.25, 0.3) is 0 Å². The zero-order chi connectivity index (χ0) is 27.5. The number of ether oxygens (including phenoxy) is 1. The van der Waals surface area contributed by atoms with E-state index in [9.17, 15) is 9.59 Å². The number of aryl methyl sites for hydroxylation is 2. The van der Waals surface area contributed by atoms with Gasteiger partial charge in [-0.1, -0.05) is 85.1 Å². The molecular weight excluding hydrogens is 506 g/mol. The topological polar surface area (TPSA) is 62.2 Å². The fourth-order valence-electron chi connectivity index (χ4n) is 5.73. The first-order valence-electron chi connectivity index (χ1n) is 13.8. The van der Waals surface area contributed by atoms with Crippen LogP contribution in [0.25, 0.3) is 0 Å². The number of nitrogens with zero attached hydrogens (tertiary/aromatic N) is 3. The Hall–Kier alpha value is -3.32. The summed E-state index contributed by atoms with van der Waals surface area (Å²) in [7, 11) is 1.94. The molecule has 0 bridgehead atoms. The van der Waals surface area contributed by atoms with Gasteiger partial charge in [0, 0.05) is 18.8 Å². The molecule has 2 aromatic rings. The van der Waals surface area contributed by atoms with E-state index in [4.69, 9.17) is 9.73 Å². The number of carbonyl (C=O) groups excluding carboxylic acids is 2. The number of rotatable bonds is 7. The van der Waals surface area contributed by atoms with Gasteiger partial charge in [-0.05, 0) is 55.7 Å². The third-order valence-corrected chi connectivity index (χ3v) is 8.90. The highest BCUT2D eigenvalue weighted by Gasteiger charge is 2.42. The van der Waals surface area contributed by atoms with E-state index in [2.05, 4.69) is 36.9 Å². The van der Waals surface area contributed by atoms with Crippen molar-refractivity contribution in [3.63, 3.8) is 0 Å². The minimum absolute atomic E-state index is 0.106. The third kappa shape index (κ3) is 5.83. The Labute approximate surface area is 235 Å². The van der Waals surface area contributed by atoms with Gasteiger partial charge in [-0.3, -0.25) is 4.79 Å². The molecule has 2 aliphatic heterocycles. The molecule has 204 valence electrons. The average molecular weight is 544 g/mol. The van der Waals surface area contributed by atoms with E-state index in [-0.39, 0.29) is 24.9 Å². The van der Waals surface area contributed by atoms with Gasteiger partial charge in [0.15, 0.2) is 5.17 Å². The van der Waals surface area contributed by atoms with Gasteiger partial charge < -0.3 is 14.5 Å². The minimum Gasteiger partial charge on any atom is -0.457 e. The molecule has 1 fully saturated rings. The van der Waals surface area contributed by atoms with Crippen LogP contribution < -0.4 is 0 Å². The Morgan fingerprint density at radius 1 is 1.05 bits per heavy atom. The Balaban J connectivity index is 1.46. The Kier molecular flexibility index (Phi) is 8.26. The quantitative estimate of drug-likeness (QED) is 0.359. The fourth-order valence-corrected chi connectivity index (χ4v) is 6.70. The van der Waals surface area contributed by atoms with Crippen LogP contribution in [0.2, 0.25) is 0 Å². The van der Waals surface area contributed by atoms with Crippen molar-refractivity contribution < 1.29 is 14.3 Å². The molecular formula is C32H37N3O3S. The lowest BCUT2D eigenvalue weighted by Gasteiger charge is -2.38. The summed E-state index contributed by atoms with van der Waals surface area (Å²) >= 11 is 1.52. The van der Waals surface area contributed by atoms with Crippen LogP contribution in [0, 0.1) is 13.8 Å². The van der Waals surface area contributed by atoms with Crippen LogP contribution in [0.3, 0.4) is 0 Å². The predicted molar refractivity (Wildman–Crippen MR) is 157 cm³/mol. The summed E-state index contributed by atoms with van der Waals surface area (Å²) in [4.78, 5) is 36.1. The Bertz CT molecular complexity index is 1340. The monoisotopic (exact) mass is 543 g/mol. The summed E-state index contributed by atoms with van der Waals surface area (Å²) < 4.78 is 5.85. The van der Waals surface area contributed by atoms with Crippen molar-refractivity contribution in [2.75, 3.05) is 7.05 Å². The average Bonchev–Trinajstić information content (AvgIpc) is 3.34. The van der Waals surface area contributed by atoms with Crippen LogP contribution >= 0.6 is 11.8 Å². The summed E-state index contributed by atoms with van der Waals surface area (Å²) in [5.74, 6) is -0.277. The lowest BCUT2D eigenvalue weighted by molar-refractivity contribution is -0.141. The first-order valence-corrected chi connectivity index (χ1v) is 14.7. The zero-order valence-corrected chi connectivity index (χ0v) is 24.1. The molecule has 0 radical (unpaired) electrons. The van der Waals surface area contributed by atoms with Gasteiger partial charge in [0.2, 0.25) is 5.91 Å². The third-order valence-electron chi connectivity index (χ3n) is 8.01. The van der Waals surface area contributed by atoms with Crippen molar-refractivity contribution in [2.45, 2.75) is 78.0 Å². The number of amidine groups is 1. The van der Waals surface area contributed by atoms with E-state index < -0.39 is 6.04 Å². The number of hydrogen-bond donors (Lipinski definition) is 0. The van der Waals surface area contributed by atoms with Crippen LogP contribution in [0.4, 0.5) is 0 Å². The van der Waals surface area contributed by atoms with Crippen LogP contribution in [-0.2, 0) is 20.9 Å². The van der Waals surface area contributed by atoms with Crippen LogP contribution in [0.15, 0.2) is 75.9 Å². The van der Waals surface area contributed by atoms with Crippen molar-refractivity contribution in [1.82, 2.24) is 9.80 Å². The number of fused-ring (bicyclic) bond motifs is 1. The minimum atomic E-state index is -0.422. The molecule has 6 nitrogen and oxygen atoms in total. The smallest absolute Gasteiger partial charge is 0.338 e. The summed E-state index contributed by atoms with van der Waals surface area (Å²) in [5.41, 5.74) is 6.19. The van der Waals surface area contributed by atoms with E-state index in [1.54, 1.807) is 0 Å². The van der Waals surface area contributed by atoms with Gasteiger partial charge in [0.1, 0.15) is 6.61 Å². The van der Waals surface area contributed by atoms with E-state index in [0.29, 0.717) is 17.3 Å². The van der Waals surface area contributed by atoms with Gasteiger partial charge in [0.05, 0.1) is 23.7 Å². The van der Waals surface area contributed by atoms with E-state index >= 15 is 0 Å². The molecule has 1 saturated carbocycles. The van der Waals surface area contributed by atoms with Gasteiger partial charge >= 0.3 is 5.97 Å². The molecule has 1 aliphatic carbocycles. The van der Waals surface area contributed by atoms with Gasteiger partial charge in [-0.15, -0.1) is 0 Å². The second kappa shape index (κ2) is 11.8. The maximum Gasteiger partial charge on any atom is 0.338 e. The molecule has 2 aromatic carbocycles. The molecule has 1 unspecified atom stereocenters. The maximum absolute atomic E-state index is 13.7. The number of hydrogen-bond acceptors (Lipinski definition) is 6. The Morgan fingerprint density at radius 3 is 2.54 bits per heavy atom. The summed E-state index contributed by atoms with van der Waals surface area (Å²) in [6.07, 6.45) is 6.01. The molecule has 1 amide bonds. The molecule has 3 aliphatic rings. The second-order valence-corrected chi connectivity index (χ2v) is 11.6. The van der Waals surface area contributed by atoms with Crippen molar-refractivity contribution >= 4 is 28.8 Å². The van der Waals surface area contributed by atoms with Crippen molar-refractivity contribution in [3.8, 4) is 0 Å².